The lowest BCUT2D eigenvalue weighted by Gasteiger charge is -2.09. The van der Waals surface area contributed by atoms with Gasteiger partial charge in [-0.2, -0.15) is 5.10 Å². The molecule has 1 amide bonds. The zero-order valence-electron chi connectivity index (χ0n) is 16.1. The number of ether oxygens (including phenoxy) is 3. The summed E-state index contributed by atoms with van der Waals surface area (Å²) < 4.78 is 21.6. The van der Waals surface area contributed by atoms with Gasteiger partial charge in [0.15, 0.2) is 18.1 Å². The van der Waals surface area contributed by atoms with Crippen LogP contribution in [0.1, 0.15) is 16.1 Å². The molecule has 160 valence electrons. The van der Waals surface area contributed by atoms with Gasteiger partial charge in [0.05, 0.1) is 24.1 Å². The van der Waals surface area contributed by atoms with Gasteiger partial charge in [0.1, 0.15) is 5.75 Å². The highest BCUT2D eigenvalue weighted by Gasteiger charge is 2.15. The second-order valence-corrected chi connectivity index (χ2v) is 7.22. The summed E-state index contributed by atoms with van der Waals surface area (Å²) in [5.41, 5.74) is 2.97. The molecular formula is C21H16BrClN2O6. The molecule has 0 aliphatic rings. The van der Waals surface area contributed by atoms with Crippen molar-refractivity contribution in [2.45, 2.75) is 0 Å². The Bertz CT molecular complexity index is 1100. The first-order valence-electron chi connectivity index (χ1n) is 8.79. The Labute approximate surface area is 190 Å². The van der Waals surface area contributed by atoms with Crippen LogP contribution in [-0.4, -0.2) is 31.8 Å². The van der Waals surface area contributed by atoms with Gasteiger partial charge < -0.3 is 18.6 Å². The number of furan rings is 1. The van der Waals surface area contributed by atoms with Gasteiger partial charge in [-0.05, 0) is 70.0 Å². The summed E-state index contributed by atoms with van der Waals surface area (Å²) in [5, 5.41) is 4.43. The van der Waals surface area contributed by atoms with Crippen LogP contribution in [0.3, 0.4) is 0 Å². The number of carbonyl (C=O) groups is 2. The molecule has 0 bridgehead atoms. The summed E-state index contributed by atoms with van der Waals surface area (Å²) in [6.07, 6.45) is 2.79. The Morgan fingerprint density at radius 1 is 1.16 bits per heavy atom. The largest absolute Gasteiger partial charge is 0.493 e. The van der Waals surface area contributed by atoms with Crippen LogP contribution in [0.4, 0.5) is 0 Å². The van der Waals surface area contributed by atoms with Gasteiger partial charge in [-0.15, -0.1) is 0 Å². The van der Waals surface area contributed by atoms with Gasteiger partial charge in [-0.1, -0.05) is 11.6 Å². The predicted octanol–water partition coefficient (Wildman–Crippen LogP) is 4.45. The van der Waals surface area contributed by atoms with Gasteiger partial charge in [-0.3, -0.25) is 4.79 Å². The van der Waals surface area contributed by atoms with Crippen molar-refractivity contribution in [2.75, 3.05) is 13.7 Å². The van der Waals surface area contributed by atoms with Gasteiger partial charge in [0.25, 0.3) is 5.91 Å². The quantitative estimate of drug-likeness (QED) is 0.209. The zero-order valence-corrected chi connectivity index (χ0v) is 18.5. The zero-order chi connectivity index (χ0) is 22.2. The maximum absolute atomic E-state index is 12.0. The Morgan fingerprint density at radius 3 is 2.68 bits per heavy atom. The first-order valence-corrected chi connectivity index (χ1v) is 9.97. The van der Waals surface area contributed by atoms with Crippen molar-refractivity contribution in [3.8, 4) is 17.2 Å². The van der Waals surface area contributed by atoms with Crippen molar-refractivity contribution < 1.29 is 28.2 Å². The maximum Gasteiger partial charge on any atom is 0.379 e. The van der Waals surface area contributed by atoms with Crippen LogP contribution in [0, 0.1) is 0 Å². The van der Waals surface area contributed by atoms with Crippen molar-refractivity contribution >= 4 is 45.6 Å². The predicted molar refractivity (Wildman–Crippen MR) is 117 cm³/mol. The highest BCUT2D eigenvalue weighted by atomic mass is 79.9. The topological polar surface area (TPSA) is 99.4 Å². The average molecular weight is 508 g/mol. The van der Waals surface area contributed by atoms with E-state index in [2.05, 4.69) is 26.5 Å². The Balaban J connectivity index is 1.55. The summed E-state index contributed by atoms with van der Waals surface area (Å²) >= 11 is 9.17. The lowest BCUT2D eigenvalue weighted by Crippen LogP contribution is -2.24. The van der Waals surface area contributed by atoms with E-state index in [0.29, 0.717) is 26.6 Å². The average Bonchev–Trinajstić information content (AvgIpc) is 3.29. The van der Waals surface area contributed by atoms with Gasteiger partial charge in [0, 0.05) is 5.02 Å². The molecule has 0 fully saturated rings. The van der Waals surface area contributed by atoms with E-state index in [1.165, 1.54) is 25.7 Å². The fourth-order valence-electron chi connectivity index (χ4n) is 2.34. The number of nitrogens with zero attached hydrogens (tertiary/aromatic N) is 1. The minimum Gasteiger partial charge on any atom is -0.493 e. The molecule has 2 aromatic carbocycles. The molecule has 0 saturated carbocycles. The molecular weight excluding hydrogens is 492 g/mol. The molecule has 10 heteroatoms. The van der Waals surface area contributed by atoms with E-state index in [-0.39, 0.29) is 18.1 Å². The van der Waals surface area contributed by atoms with Crippen molar-refractivity contribution in [1.29, 1.82) is 0 Å². The fourth-order valence-corrected chi connectivity index (χ4v) is 3.14. The number of carbonyl (C=O) groups excluding carboxylic acids is 2. The number of amides is 1. The molecule has 0 aliphatic carbocycles. The number of halogens is 2. The van der Waals surface area contributed by atoms with E-state index in [4.69, 9.17) is 30.2 Å². The highest BCUT2D eigenvalue weighted by molar-refractivity contribution is 9.10. The lowest BCUT2D eigenvalue weighted by atomic mass is 10.2. The van der Waals surface area contributed by atoms with Crippen molar-refractivity contribution in [3.05, 3.63) is 75.6 Å². The van der Waals surface area contributed by atoms with Crippen molar-refractivity contribution in [2.24, 2.45) is 5.10 Å². The van der Waals surface area contributed by atoms with Gasteiger partial charge in [-0.25, -0.2) is 10.2 Å². The monoisotopic (exact) mass is 506 g/mol. The number of methoxy groups -OCH3 is 1. The van der Waals surface area contributed by atoms with E-state index < -0.39 is 11.9 Å². The van der Waals surface area contributed by atoms with Crippen molar-refractivity contribution in [3.63, 3.8) is 0 Å². The summed E-state index contributed by atoms with van der Waals surface area (Å²) in [4.78, 5) is 23.9. The molecule has 0 spiro atoms. The molecule has 3 aromatic rings. The first-order chi connectivity index (χ1) is 15.0. The third-order valence-corrected chi connectivity index (χ3v) is 4.62. The highest BCUT2D eigenvalue weighted by Crippen LogP contribution is 2.29. The molecule has 1 aromatic heterocycles. The fraction of sp³-hybridized carbons (Fsp3) is 0.0952. The SMILES string of the molecule is COc1cc(/C=N\NC(=O)COc2ccc(Cl)cc2Br)ccc1OC(=O)c1ccco1. The van der Waals surface area contributed by atoms with Gasteiger partial charge in [0.2, 0.25) is 5.76 Å². The summed E-state index contributed by atoms with van der Waals surface area (Å²) in [6.45, 7) is -0.234. The van der Waals surface area contributed by atoms with Crippen LogP contribution in [-0.2, 0) is 4.79 Å². The Hall–Kier alpha value is -3.30. The number of hydrogen-bond donors (Lipinski definition) is 1. The molecule has 0 aliphatic heterocycles. The molecule has 0 atom stereocenters. The maximum atomic E-state index is 12.0. The number of nitrogens with one attached hydrogen (secondary N) is 1. The number of rotatable bonds is 8. The molecule has 1 heterocycles. The van der Waals surface area contributed by atoms with Crippen LogP contribution in [0.15, 0.2) is 68.8 Å². The Morgan fingerprint density at radius 2 is 1.97 bits per heavy atom. The minimum atomic E-state index is -0.649. The lowest BCUT2D eigenvalue weighted by molar-refractivity contribution is -0.123. The molecule has 0 saturated heterocycles. The molecule has 3 rings (SSSR count). The normalized spacial score (nSPS) is 10.7. The summed E-state index contributed by atoms with van der Waals surface area (Å²) in [5.74, 6) is -0.0206. The van der Waals surface area contributed by atoms with Crippen LogP contribution in [0.25, 0.3) is 0 Å². The molecule has 31 heavy (non-hydrogen) atoms. The van der Waals surface area contributed by atoms with Crippen LogP contribution in [0.5, 0.6) is 17.2 Å². The standard InChI is InChI=1S/C21H16BrClN2O6/c1-28-19-9-13(4-6-17(19)31-21(27)18-3-2-8-29-18)11-24-25-20(26)12-30-16-7-5-14(23)10-15(16)22/h2-11H,12H2,1H3,(H,25,26)/b24-11-. The summed E-state index contributed by atoms with van der Waals surface area (Å²) in [7, 11) is 1.44. The second-order valence-electron chi connectivity index (χ2n) is 5.93. The van der Waals surface area contributed by atoms with Gasteiger partial charge >= 0.3 is 5.97 Å². The van der Waals surface area contributed by atoms with E-state index in [1.54, 1.807) is 42.5 Å². The molecule has 8 nitrogen and oxygen atoms in total. The number of hydrogen-bond acceptors (Lipinski definition) is 7. The minimum absolute atomic E-state index is 0.0725. The third-order valence-electron chi connectivity index (χ3n) is 3.77. The molecule has 0 unspecified atom stereocenters. The van der Waals surface area contributed by atoms with Crippen molar-refractivity contribution in [1.82, 2.24) is 5.43 Å². The number of esters is 1. The number of hydrazone groups is 1. The number of benzene rings is 2. The van der Waals surface area contributed by atoms with E-state index in [0.717, 1.165) is 0 Å². The molecule has 1 N–H and O–H groups in total. The van der Waals surface area contributed by atoms with E-state index in [1.807, 2.05) is 0 Å². The molecule has 0 radical (unpaired) electrons. The van der Waals surface area contributed by atoms with E-state index >= 15 is 0 Å². The first kappa shape index (κ1) is 22.4. The van der Waals surface area contributed by atoms with Crippen LogP contribution in [0.2, 0.25) is 5.02 Å². The van der Waals surface area contributed by atoms with E-state index in [9.17, 15) is 9.59 Å². The smallest absolute Gasteiger partial charge is 0.379 e. The second kappa shape index (κ2) is 10.6. The summed E-state index contributed by atoms with van der Waals surface area (Å²) in [6, 6.07) is 12.8. The Kier molecular flexibility index (Phi) is 7.69. The third kappa shape index (κ3) is 6.34. The van der Waals surface area contributed by atoms with Crippen LogP contribution < -0.4 is 19.6 Å². The van der Waals surface area contributed by atoms with Crippen LogP contribution >= 0.6 is 27.5 Å².